The smallest absolute Gasteiger partial charge is 0.179 e. The van der Waals surface area contributed by atoms with E-state index in [0.29, 0.717) is 0 Å². The number of rotatable bonds is 1. The summed E-state index contributed by atoms with van der Waals surface area (Å²) < 4.78 is 0. The van der Waals surface area contributed by atoms with Gasteiger partial charge in [-0.1, -0.05) is 0 Å². The molecule has 3 aliphatic rings. The lowest BCUT2D eigenvalue weighted by Crippen LogP contribution is -2.49. The molecule has 1 saturated heterocycles. The topological polar surface area (TPSA) is 42.9 Å². The van der Waals surface area contributed by atoms with Gasteiger partial charge in [-0.05, 0) is 7.05 Å². The third-order valence-corrected chi connectivity index (χ3v) is 2.94. The summed E-state index contributed by atoms with van der Waals surface area (Å²) >= 11 is 0. The van der Waals surface area contributed by atoms with Gasteiger partial charge in [-0.25, -0.2) is 4.99 Å². The second kappa shape index (κ2) is 2.88. The van der Waals surface area contributed by atoms with Crippen LogP contribution in [0.3, 0.4) is 0 Å². The third-order valence-electron chi connectivity index (χ3n) is 2.94. The molecule has 3 heterocycles. The molecule has 1 atom stereocenters. The maximum Gasteiger partial charge on any atom is 0.179 e. The summed E-state index contributed by atoms with van der Waals surface area (Å²) in [6.45, 7) is 4.45. The van der Waals surface area contributed by atoms with Crippen LogP contribution in [0.2, 0.25) is 0 Å². The molecule has 0 aromatic rings. The van der Waals surface area contributed by atoms with Crippen molar-refractivity contribution in [2.45, 2.75) is 6.17 Å². The van der Waals surface area contributed by atoms with Gasteiger partial charge in [0.2, 0.25) is 0 Å². The van der Waals surface area contributed by atoms with Gasteiger partial charge in [0.15, 0.2) is 12.0 Å². The molecule has 76 valence electrons. The second-order valence-electron chi connectivity index (χ2n) is 4.03. The van der Waals surface area contributed by atoms with E-state index in [0.717, 1.165) is 32.0 Å². The lowest BCUT2D eigenvalue weighted by atomic mass is 10.3. The van der Waals surface area contributed by atoms with E-state index in [9.17, 15) is 0 Å². The van der Waals surface area contributed by atoms with Gasteiger partial charge in [-0.2, -0.15) is 0 Å². The van der Waals surface area contributed by atoms with Gasteiger partial charge < -0.3 is 20.4 Å². The number of fused-ring (bicyclic) bond motifs is 1. The van der Waals surface area contributed by atoms with Crippen molar-refractivity contribution in [1.29, 1.82) is 0 Å². The Kier molecular flexibility index (Phi) is 1.67. The quantitative estimate of drug-likeness (QED) is 0.558. The molecule has 5 nitrogen and oxygen atoms in total. The van der Waals surface area contributed by atoms with Crippen molar-refractivity contribution in [3.63, 3.8) is 0 Å². The molecular weight excluding hydrogens is 178 g/mol. The van der Waals surface area contributed by atoms with Crippen LogP contribution in [0.1, 0.15) is 0 Å². The highest BCUT2D eigenvalue weighted by Crippen LogP contribution is 2.15. The molecule has 14 heavy (non-hydrogen) atoms. The summed E-state index contributed by atoms with van der Waals surface area (Å²) in [5, 5.41) is 6.56. The minimum Gasteiger partial charge on any atom is -0.361 e. The number of piperazine rings is 1. The van der Waals surface area contributed by atoms with Gasteiger partial charge in [0, 0.05) is 32.4 Å². The average Bonchev–Trinajstić information content (AvgIpc) is 2.96. The molecule has 1 fully saturated rings. The fraction of sp³-hybridized carbons (Fsp3) is 0.667. The number of amidine groups is 1. The highest BCUT2D eigenvalue weighted by Gasteiger charge is 2.32. The van der Waals surface area contributed by atoms with Crippen LogP contribution >= 0.6 is 0 Å². The Morgan fingerprint density at radius 3 is 2.86 bits per heavy atom. The number of nitrogens with one attached hydrogen (secondary N) is 2. The van der Waals surface area contributed by atoms with E-state index in [2.05, 4.69) is 32.5 Å². The average molecular weight is 193 g/mol. The standard InChI is InChI=1S/C9H15N5/c1-13-2-4-14(5-3-13)7-6-10-8-9(11-7)12-8/h6,8,10H,2-5H2,1H3,(H,11,12)/t8-/m0/s1. The number of nitrogens with zero attached hydrogens (tertiary/aromatic N) is 3. The van der Waals surface area contributed by atoms with Gasteiger partial charge in [-0.3, -0.25) is 0 Å². The first kappa shape index (κ1) is 8.11. The van der Waals surface area contributed by atoms with Crippen LogP contribution in [0, 0.1) is 0 Å². The van der Waals surface area contributed by atoms with E-state index < -0.39 is 0 Å². The number of hydrogen-bond acceptors (Lipinski definition) is 5. The first-order chi connectivity index (χ1) is 6.83. The molecule has 5 heteroatoms. The first-order valence-corrected chi connectivity index (χ1v) is 5.07. The SMILES string of the molecule is CN1CCN(C2=CN[C@H]3N=C3N2)CC1. The predicted octanol–water partition coefficient (Wildman–Crippen LogP) is -1.04. The van der Waals surface area contributed by atoms with Crippen molar-refractivity contribution in [3.8, 4) is 0 Å². The zero-order chi connectivity index (χ0) is 9.54. The molecule has 0 aromatic carbocycles. The summed E-state index contributed by atoms with van der Waals surface area (Å²) in [6.07, 6.45) is 2.29. The normalized spacial score (nSPS) is 30.9. The minimum absolute atomic E-state index is 0.256. The number of likely N-dealkylation sites (N-methyl/N-ethyl adjacent to an activating group) is 1. The van der Waals surface area contributed by atoms with E-state index in [1.807, 2.05) is 6.20 Å². The molecule has 0 saturated carbocycles. The number of aliphatic imine (C=N–C) groups is 1. The zero-order valence-electron chi connectivity index (χ0n) is 8.32. The van der Waals surface area contributed by atoms with E-state index >= 15 is 0 Å². The maximum absolute atomic E-state index is 4.22. The summed E-state index contributed by atoms with van der Waals surface area (Å²) in [7, 11) is 2.17. The molecule has 2 N–H and O–H groups in total. The van der Waals surface area contributed by atoms with Crippen molar-refractivity contribution < 1.29 is 0 Å². The van der Waals surface area contributed by atoms with Crippen molar-refractivity contribution >= 4 is 5.84 Å². The Labute approximate surface area is 83.5 Å². The van der Waals surface area contributed by atoms with E-state index in [4.69, 9.17) is 0 Å². The van der Waals surface area contributed by atoms with Gasteiger partial charge in [-0.15, -0.1) is 0 Å². The Morgan fingerprint density at radius 2 is 2.14 bits per heavy atom. The molecule has 0 bridgehead atoms. The Hall–Kier alpha value is -1.23. The van der Waals surface area contributed by atoms with Crippen LogP contribution in [0.25, 0.3) is 0 Å². The number of hydrogen-bond donors (Lipinski definition) is 2. The van der Waals surface area contributed by atoms with Gasteiger partial charge >= 0.3 is 0 Å². The maximum atomic E-state index is 4.22. The molecule has 0 radical (unpaired) electrons. The van der Waals surface area contributed by atoms with Crippen molar-refractivity contribution in [3.05, 3.63) is 12.0 Å². The summed E-state index contributed by atoms with van der Waals surface area (Å²) in [5.41, 5.74) is 0. The molecule has 3 rings (SSSR count). The fourth-order valence-corrected chi connectivity index (χ4v) is 1.86. The summed E-state index contributed by atoms with van der Waals surface area (Å²) in [6, 6.07) is 0. The molecule has 0 aliphatic carbocycles. The molecule has 0 aromatic heterocycles. The largest absolute Gasteiger partial charge is 0.361 e. The molecule has 0 spiro atoms. The molecule has 0 amide bonds. The minimum atomic E-state index is 0.256. The van der Waals surface area contributed by atoms with Crippen LogP contribution in [0.4, 0.5) is 0 Å². The fourth-order valence-electron chi connectivity index (χ4n) is 1.86. The first-order valence-electron chi connectivity index (χ1n) is 5.07. The van der Waals surface area contributed by atoms with Crippen LogP contribution in [-0.4, -0.2) is 55.0 Å². The van der Waals surface area contributed by atoms with Gasteiger partial charge in [0.05, 0.1) is 0 Å². The van der Waals surface area contributed by atoms with E-state index in [1.54, 1.807) is 0 Å². The summed E-state index contributed by atoms with van der Waals surface area (Å²) in [5.74, 6) is 2.26. The monoisotopic (exact) mass is 193 g/mol. The highest BCUT2D eigenvalue weighted by atomic mass is 15.4. The molecular formula is C9H15N5. The van der Waals surface area contributed by atoms with Crippen molar-refractivity contribution in [2.75, 3.05) is 33.2 Å². The van der Waals surface area contributed by atoms with Crippen molar-refractivity contribution in [1.82, 2.24) is 20.4 Å². The third kappa shape index (κ3) is 1.33. The Bertz CT molecular complexity index is 300. The van der Waals surface area contributed by atoms with E-state index in [1.165, 1.54) is 5.82 Å². The lowest BCUT2D eigenvalue weighted by Gasteiger charge is -2.36. The molecule has 3 aliphatic heterocycles. The van der Waals surface area contributed by atoms with Crippen molar-refractivity contribution in [2.24, 2.45) is 4.99 Å². The van der Waals surface area contributed by atoms with E-state index in [-0.39, 0.29) is 6.17 Å². The summed E-state index contributed by atoms with van der Waals surface area (Å²) in [4.78, 5) is 8.94. The van der Waals surface area contributed by atoms with Gasteiger partial charge in [0.1, 0.15) is 5.82 Å². The van der Waals surface area contributed by atoms with Crippen LogP contribution in [-0.2, 0) is 0 Å². The van der Waals surface area contributed by atoms with Gasteiger partial charge in [0.25, 0.3) is 0 Å². The van der Waals surface area contributed by atoms with Crippen LogP contribution in [0.15, 0.2) is 17.0 Å². The second-order valence-corrected chi connectivity index (χ2v) is 4.03. The highest BCUT2D eigenvalue weighted by molar-refractivity contribution is 6.00. The van der Waals surface area contributed by atoms with Crippen LogP contribution < -0.4 is 10.6 Å². The predicted molar refractivity (Wildman–Crippen MR) is 54.6 cm³/mol. The Balaban J connectivity index is 1.64. The Morgan fingerprint density at radius 1 is 1.36 bits per heavy atom. The zero-order valence-corrected chi connectivity index (χ0v) is 8.32. The molecule has 0 unspecified atom stereocenters. The lowest BCUT2D eigenvalue weighted by molar-refractivity contribution is 0.180. The van der Waals surface area contributed by atoms with Crippen LogP contribution in [0.5, 0.6) is 0 Å².